The van der Waals surface area contributed by atoms with Crippen LogP contribution in [0.1, 0.15) is 16.8 Å². The van der Waals surface area contributed by atoms with Gasteiger partial charge in [-0.2, -0.15) is 0 Å². The molecule has 24 heavy (non-hydrogen) atoms. The molecule has 0 atom stereocenters. The third-order valence-electron chi connectivity index (χ3n) is 3.54. The highest BCUT2D eigenvalue weighted by molar-refractivity contribution is 6.30. The van der Waals surface area contributed by atoms with E-state index in [1.165, 1.54) is 0 Å². The van der Waals surface area contributed by atoms with Crippen molar-refractivity contribution in [2.45, 2.75) is 20.3 Å². The number of hydrogen-bond acceptors (Lipinski definition) is 4. The van der Waals surface area contributed by atoms with Gasteiger partial charge < -0.3 is 5.11 Å². The Morgan fingerprint density at radius 2 is 2.04 bits per heavy atom. The van der Waals surface area contributed by atoms with Crippen LogP contribution in [-0.2, 0) is 11.2 Å². The SMILES string of the molecule is Cc1ccc2nc(CC(=O)O)c(N=Nc3ccc(Cl)cc3C)n2c1. The molecule has 0 aliphatic carbocycles. The normalized spacial score (nSPS) is 11.5. The van der Waals surface area contributed by atoms with E-state index in [4.69, 9.17) is 16.7 Å². The molecule has 0 aliphatic rings. The number of azo groups is 1. The van der Waals surface area contributed by atoms with Crippen molar-refractivity contribution in [3.63, 3.8) is 0 Å². The number of hydrogen-bond donors (Lipinski definition) is 1. The molecule has 0 fully saturated rings. The molecular weight excluding hydrogens is 328 g/mol. The van der Waals surface area contributed by atoms with Crippen LogP contribution >= 0.6 is 11.6 Å². The molecule has 1 N–H and O–H groups in total. The number of carboxylic acid groups (broad SMARTS) is 1. The zero-order chi connectivity index (χ0) is 17.3. The zero-order valence-electron chi connectivity index (χ0n) is 13.2. The molecule has 0 saturated carbocycles. The molecule has 2 aromatic heterocycles. The summed E-state index contributed by atoms with van der Waals surface area (Å²) >= 11 is 5.94. The number of carbonyl (C=O) groups is 1. The molecule has 0 aliphatic heterocycles. The lowest BCUT2D eigenvalue weighted by atomic mass is 10.2. The number of aliphatic carboxylic acids is 1. The van der Waals surface area contributed by atoms with Crippen molar-refractivity contribution < 1.29 is 9.90 Å². The third-order valence-corrected chi connectivity index (χ3v) is 3.78. The first-order valence-electron chi connectivity index (χ1n) is 7.31. The highest BCUT2D eigenvalue weighted by Crippen LogP contribution is 2.27. The van der Waals surface area contributed by atoms with Gasteiger partial charge in [-0.05, 0) is 49.2 Å². The Kier molecular flexibility index (Phi) is 4.31. The van der Waals surface area contributed by atoms with E-state index >= 15 is 0 Å². The number of halogens is 1. The van der Waals surface area contributed by atoms with Crippen LogP contribution in [0.4, 0.5) is 11.5 Å². The fourth-order valence-corrected chi connectivity index (χ4v) is 2.61. The van der Waals surface area contributed by atoms with E-state index in [1.54, 1.807) is 22.6 Å². The van der Waals surface area contributed by atoms with Crippen LogP contribution < -0.4 is 0 Å². The maximum absolute atomic E-state index is 11.1. The van der Waals surface area contributed by atoms with Crippen molar-refractivity contribution in [3.05, 3.63) is 58.4 Å². The van der Waals surface area contributed by atoms with Gasteiger partial charge in [0.2, 0.25) is 0 Å². The smallest absolute Gasteiger partial charge is 0.309 e. The maximum Gasteiger partial charge on any atom is 0.309 e. The van der Waals surface area contributed by atoms with Gasteiger partial charge in [0.15, 0.2) is 5.82 Å². The van der Waals surface area contributed by atoms with Gasteiger partial charge in [-0.15, -0.1) is 10.2 Å². The number of fused-ring (bicyclic) bond motifs is 1. The van der Waals surface area contributed by atoms with E-state index in [9.17, 15) is 4.79 Å². The lowest BCUT2D eigenvalue weighted by Crippen LogP contribution is -2.00. The first-order valence-corrected chi connectivity index (χ1v) is 7.69. The van der Waals surface area contributed by atoms with Crippen LogP contribution in [0, 0.1) is 13.8 Å². The Morgan fingerprint density at radius 1 is 1.25 bits per heavy atom. The zero-order valence-corrected chi connectivity index (χ0v) is 13.9. The molecule has 0 radical (unpaired) electrons. The van der Waals surface area contributed by atoms with Crippen LogP contribution in [0.15, 0.2) is 46.8 Å². The van der Waals surface area contributed by atoms with Crippen LogP contribution in [0.3, 0.4) is 0 Å². The molecule has 3 rings (SSSR count). The highest BCUT2D eigenvalue weighted by Gasteiger charge is 2.15. The molecular formula is C17H15ClN4O2. The summed E-state index contributed by atoms with van der Waals surface area (Å²) in [5, 5.41) is 18.2. The van der Waals surface area contributed by atoms with Gasteiger partial charge in [-0.1, -0.05) is 17.7 Å². The molecule has 2 heterocycles. The van der Waals surface area contributed by atoms with E-state index in [0.717, 1.165) is 11.1 Å². The van der Waals surface area contributed by atoms with Gasteiger partial charge in [0, 0.05) is 11.2 Å². The van der Waals surface area contributed by atoms with E-state index in [0.29, 0.717) is 27.9 Å². The standard InChI is InChI=1S/C17H15ClN4O2/c1-10-3-6-15-19-14(8-16(23)24)17(22(15)9-10)21-20-13-5-4-12(18)7-11(13)2/h3-7,9H,8H2,1-2H3,(H,23,24). The second-order valence-corrected chi connectivity index (χ2v) is 5.95. The molecule has 0 unspecified atom stereocenters. The fraction of sp³-hybridized carbons (Fsp3) is 0.176. The number of pyridine rings is 1. The fourth-order valence-electron chi connectivity index (χ4n) is 2.39. The predicted molar refractivity (Wildman–Crippen MR) is 91.6 cm³/mol. The number of imidazole rings is 1. The maximum atomic E-state index is 11.1. The quantitative estimate of drug-likeness (QED) is 0.701. The summed E-state index contributed by atoms with van der Waals surface area (Å²) < 4.78 is 1.75. The Hall–Kier alpha value is -2.73. The minimum absolute atomic E-state index is 0.214. The largest absolute Gasteiger partial charge is 0.481 e. The summed E-state index contributed by atoms with van der Waals surface area (Å²) in [5.41, 5.74) is 3.59. The minimum Gasteiger partial charge on any atom is -0.481 e. The third kappa shape index (κ3) is 3.28. The Labute approximate surface area is 143 Å². The summed E-state index contributed by atoms with van der Waals surface area (Å²) in [6, 6.07) is 9.04. The monoisotopic (exact) mass is 342 g/mol. The van der Waals surface area contributed by atoms with Crippen LogP contribution in [0.25, 0.3) is 5.65 Å². The van der Waals surface area contributed by atoms with Crippen molar-refractivity contribution in [1.82, 2.24) is 9.38 Å². The first kappa shape index (κ1) is 16.1. The summed E-state index contributed by atoms with van der Waals surface area (Å²) in [7, 11) is 0. The number of aryl methyl sites for hydroxylation is 2. The lowest BCUT2D eigenvalue weighted by molar-refractivity contribution is -0.136. The van der Waals surface area contributed by atoms with Crippen LogP contribution in [0.2, 0.25) is 5.02 Å². The average molecular weight is 343 g/mol. The van der Waals surface area contributed by atoms with Gasteiger partial charge in [0.25, 0.3) is 0 Å². The molecule has 0 spiro atoms. The van der Waals surface area contributed by atoms with Crippen molar-refractivity contribution in [1.29, 1.82) is 0 Å². The van der Waals surface area contributed by atoms with Crippen LogP contribution in [0.5, 0.6) is 0 Å². The molecule has 7 heteroatoms. The molecule has 1 aromatic carbocycles. The van der Waals surface area contributed by atoms with Gasteiger partial charge in [0.1, 0.15) is 5.65 Å². The summed E-state index contributed by atoms with van der Waals surface area (Å²) in [6.07, 6.45) is 1.64. The Bertz CT molecular complexity index is 963. The number of aromatic nitrogens is 2. The molecule has 0 bridgehead atoms. The molecule has 122 valence electrons. The first-order chi connectivity index (χ1) is 11.4. The number of nitrogens with zero attached hydrogens (tertiary/aromatic N) is 4. The second kappa shape index (κ2) is 6.41. The average Bonchev–Trinajstić information content (AvgIpc) is 2.82. The van der Waals surface area contributed by atoms with Crippen molar-refractivity contribution in [2.75, 3.05) is 0 Å². The topological polar surface area (TPSA) is 79.3 Å². The Balaban J connectivity index is 2.10. The Morgan fingerprint density at radius 3 is 2.75 bits per heavy atom. The lowest BCUT2D eigenvalue weighted by Gasteiger charge is -2.01. The number of benzene rings is 1. The highest BCUT2D eigenvalue weighted by atomic mass is 35.5. The second-order valence-electron chi connectivity index (χ2n) is 5.52. The predicted octanol–water partition coefficient (Wildman–Crippen LogP) is 4.65. The van der Waals surface area contributed by atoms with Crippen molar-refractivity contribution in [2.24, 2.45) is 10.2 Å². The van der Waals surface area contributed by atoms with Gasteiger partial charge >= 0.3 is 5.97 Å². The van der Waals surface area contributed by atoms with Crippen molar-refractivity contribution in [3.8, 4) is 0 Å². The number of carboxylic acids is 1. The molecule has 0 saturated heterocycles. The molecule has 3 aromatic rings. The van der Waals surface area contributed by atoms with Gasteiger partial charge in [-0.25, -0.2) is 4.98 Å². The van der Waals surface area contributed by atoms with E-state index in [1.807, 2.05) is 32.2 Å². The molecule has 0 amide bonds. The van der Waals surface area contributed by atoms with E-state index < -0.39 is 5.97 Å². The molecule has 6 nitrogen and oxygen atoms in total. The van der Waals surface area contributed by atoms with Crippen molar-refractivity contribution >= 4 is 34.7 Å². The van der Waals surface area contributed by atoms with E-state index in [2.05, 4.69) is 15.2 Å². The van der Waals surface area contributed by atoms with Gasteiger partial charge in [0.05, 0.1) is 17.8 Å². The number of rotatable bonds is 4. The van der Waals surface area contributed by atoms with Gasteiger partial charge in [-0.3, -0.25) is 9.20 Å². The summed E-state index contributed by atoms with van der Waals surface area (Å²) in [6.45, 7) is 3.83. The van der Waals surface area contributed by atoms with E-state index in [-0.39, 0.29) is 6.42 Å². The van der Waals surface area contributed by atoms with Crippen LogP contribution in [-0.4, -0.2) is 20.5 Å². The summed E-state index contributed by atoms with van der Waals surface area (Å²) in [5.74, 6) is -0.542. The minimum atomic E-state index is -0.964. The summed E-state index contributed by atoms with van der Waals surface area (Å²) in [4.78, 5) is 15.4.